The van der Waals surface area contributed by atoms with Crippen LogP contribution >= 0.6 is 0 Å². The molecule has 13 heavy (non-hydrogen) atoms. The lowest BCUT2D eigenvalue weighted by Crippen LogP contribution is -2.32. The third kappa shape index (κ3) is 14.7. The quantitative estimate of drug-likeness (QED) is 0.711. The van der Waals surface area contributed by atoms with Gasteiger partial charge in [-0.15, -0.1) is 0 Å². The van der Waals surface area contributed by atoms with E-state index in [1.807, 2.05) is 20.9 Å². The van der Waals surface area contributed by atoms with Gasteiger partial charge in [0.15, 0.2) is 0 Å². The fourth-order valence-corrected chi connectivity index (χ4v) is 0.983. The molecule has 0 amide bonds. The molecule has 0 heterocycles. The molecule has 0 saturated carbocycles. The zero-order valence-corrected chi connectivity index (χ0v) is 10.3. The molecule has 0 aliphatic rings. The van der Waals surface area contributed by atoms with Crippen molar-refractivity contribution in [3.05, 3.63) is 0 Å². The molecule has 0 spiro atoms. The lowest BCUT2D eigenvalue weighted by Gasteiger charge is -2.20. The number of hydrogen-bond acceptors (Lipinski definition) is 2. The van der Waals surface area contributed by atoms with Crippen molar-refractivity contribution in [3.63, 3.8) is 0 Å². The van der Waals surface area contributed by atoms with E-state index in [2.05, 4.69) is 26.1 Å². The van der Waals surface area contributed by atoms with Crippen molar-refractivity contribution in [3.8, 4) is 0 Å². The predicted molar refractivity (Wildman–Crippen MR) is 61.9 cm³/mol. The van der Waals surface area contributed by atoms with Crippen LogP contribution in [-0.4, -0.2) is 19.6 Å². The van der Waals surface area contributed by atoms with Gasteiger partial charge in [0.05, 0.1) is 0 Å². The Balaban J connectivity index is 0. The zero-order valence-electron chi connectivity index (χ0n) is 10.3. The second-order valence-electron chi connectivity index (χ2n) is 4.42. The van der Waals surface area contributed by atoms with E-state index in [0.717, 1.165) is 13.0 Å². The van der Waals surface area contributed by atoms with Crippen LogP contribution in [-0.2, 0) is 0 Å². The average molecular weight is 188 g/mol. The Morgan fingerprint density at radius 2 is 1.69 bits per heavy atom. The van der Waals surface area contributed by atoms with E-state index in [4.69, 9.17) is 5.73 Å². The van der Waals surface area contributed by atoms with Gasteiger partial charge in [0.25, 0.3) is 0 Å². The third-order valence-electron chi connectivity index (χ3n) is 1.73. The van der Waals surface area contributed by atoms with Crippen LogP contribution in [0, 0.1) is 5.41 Å². The molecule has 2 heteroatoms. The van der Waals surface area contributed by atoms with Gasteiger partial charge < -0.3 is 11.1 Å². The highest BCUT2D eigenvalue weighted by atomic mass is 14.9. The van der Waals surface area contributed by atoms with Gasteiger partial charge in [0.1, 0.15) is 0 Å². The number of nitrogens with two attached hydrogens (primary N) is 1. The molecule has 2 nitrogen and oxygen atoms in total. The first-order valence-corrected chi connectivity index (χ1v) is 5.36. The molecule has 0 aromatic carbocycles. The number of nitrogens with one attached hydrogen (secondary N) is 1. The lowest BCUT2D eigenvalue weighted by molar-refractivity contribution is 0.346. The van der Waals surface area contributed by atoms with E-state index in [1.165, 1.54) is 6.42 Å². The molecule has 0 fully saturated rings. The van der Waals surface area contributed by atoms with Crippen molar-refractivity contribution < 1.29 is 0 Å². The Morgan fingerprint density at radius 1 is 1.23 bits per heavy atom. The maximum Gasteiger partial charge on any atom is 0.0165 e. The Morgan fingerprint density at radius 3 is 2.00 bits per heavy atom. The van der Waals surface area contributed by atoms with Gasteiger partial charge in [0.2, 0.25) is 0 Å². The molecule has 0 aliphatic carbocycles. The maximum absolute atomic E-state index is 5.83. The van der Waals surface area contributed by atoms with Crippen molar-refractivity contribution in [1.82, 2.24) is 5.32 Å². The molecule has 0 rings (SSSR count). The van der Waals surface area contributed by atoms with Gasteiger partial charge in [-0.25, -0.2) is 0 Å². The van der Waals surface area contributed by atoms with Gasteiger partial charge in [-0.3, -0.25) is 0 Å². The molecule has 0 aromatic heterocycles. The van der Waals surface area contributed by atoms with E-state index in [1.54, 1.807) is 0 Å². The summed E-state index contributed by atoms with van der Waals surface area (Å²) >= 11 is 0. The van der Waals surface area contributed by atoms with E-state index in [0.29, 0.717) is 11.5 Å². The fraction of sp³-hybridized carbons (Fsp3) is 1.00. The summed E-state index contributed by atoms with van der Waals surface area (Å²) in [4.78, 5) is 0. The summed E-state index contributed by atoms with van der Waals surface area (Å²) in [6.07, 6.45) is 2.32. The van der Waals surface area contributed by atoms with Gasteiger partial charge in [0, 0.05) is 12.6 Å². The van der Waals surface area contributed by atoms with Gasteiger partial charge >= 0.3 is 0 Å². The monoisotopic (exact) mass is 188 g/mol. The molecule has 0 saturated heterocycles. The van der Waals surface area contributed by atoms with Gasteiger partial charge in [-0.1, -0.05) is 34.6 Å². The second-order valence-corrected chi connectivity index (χ2v) is 4.42. The first-order chi connectivity index (χ1) is 5.95. The molecule has 0 aliphatic heterocycles. The second kappa shape index (κ2) is 8.52. The number of rotatable bonds is 4. The average Bonchev–Trinajstić information content (AvgIpc) is 2.04. The predicted octanol–water partition coefficient (Wildman–Crippen LogP) is 2.39. The summed E-state index contributed by atoms with van der Waals surface area (Å²) < 4.78 is 0. The third-order valence-corrected chi connectivity index (χ3v) is 1.73. The van der Waals surface area contributed by atoms with Crippen LogP contribution < -0.4 is 11.1 Å². The molecule has 0 aromatic rings. The van der Waals surface area contributed by atoms with Crippen LogP contribution in [0.2, 0.25) is 0 Å². The molecular weight excluding hydrogens is 160 g/mol. The minimum absolute atomic E-state index is 0.319. The topological polar surface area (TPSA) is 38.0 Å². The largest absolute Gasteiger partial charge is 0.327 e. The van der Waals surface area contributed by atoms with Crippen molar-refractivity contribution in [2.45, 2.75) is 53.5 Å². The summed E-state index contributed by atoms with van der Waals surface area (Å²) in [5, 5.41) is 3.08. The van der Waals surface area contributed by atoms with Crippen molar-refractivity contribution in [2.75, 3.05) is 13.6 Å². The van der Waals surface area contributed by atoms with Gasteiger partial charge in [-0.2, -0.15) is 0 Å². The smallest absolute Gasteiger partial charge is 0.0165 e. The molecule has 82 valence electrons. The minimum atomic E-state index is 0.319. The Labute approximate surface area is 84.3 Å². The Hall–Kier alpha value is -0.0800. The highest BCUT2D eigenvalue weighted by Gasteiger charge is 2.11. The van der Waals surface area contributed by atoms with E-state index >= 15 is 0 Å². The minimum Gasteiger partial charge on any atom is -0.327 e. The molecule has 0 bridgehead atoms. The Bertz CT molecular complexity index is 94.8. The standard InChI is InChI=1S/C9H22N2.C2H6/c1-9(2,3)6-5-8(10)7-11-4;1-2/h8,11H,5-7,10H2,1-4H3;1-2H3. The molecule has 0 radical (unpaired) electrons. The SMILES string of the molecule is CC.CNCC(N)CCC(C)(C)C. The van der Waals surface area contributed by atoms with E-state index < -0.39 is 0 Å². The maximum atomic E-state index is 5.83. The molecule has 1 unspecified atom stereocenters. The summed E-state index contributed by atoms with van der Waals surface area (Å²) in [6, 6.07) is 0.319. The zero-order chi connectivity index (χ0) is 10.9. The van der Waals surface area contributed by atoms with Crippen LogP contribution in [0.1, 0.15) is 47.5 Å². The molecular formula is C11H28N2. The van der Waals surface area contributed by atoms with Crippen LogP contribution in [0.25, 0.3) is 0 Å². The highest BCUT2D eigenvalue weighted by Crippen LogP contribution is 2.20. The Kier molecular flexibility index (Phi) is 10.1. The van der Waals surface area contributed by atoms with Crippen LogP contribution in [0.15, 0.2) is 0 Å². The van der Waals surface area contributed by atoms with E-state index in [9.17, 15) is 0 Å². The van der Waals surface area contributed by atoms with Crippen LogP contribution in [0.5, 0.6) is 0 Å². The lowest BCUT2D eigenvalue weighted by atomic mass is 9.89. The molecule has 1 atom stereocenters. The number of likely N-dealkylation sites (N-methyl/N-ethyl adjacent to an activating group) is 1. The number of hydrogen-bond donors (Lipinski definition) is 2. The van der Waals surface area contributed by atoms with Crippen molar-refractivity contribution in [1.29, 1.82) is 0 Å². The van der Waals surface area contributed by atoms with Crippen LogP contribution in [0.4, 0.5) is 0 Å². The first kappa shape index (κ1) is 15.4. The highest BCUT2D eigenvalue weighted by molar-refractivity contribution is 4.69. The van der Waals surface area contributed by atoms with Crippen molar-refractivity contribution >= 4 is 0 Å². The summed E-state index contributed by atoms with van der Waals surface area (Å²) in [5.41, 5.74) is 6.25. The fourth-order valence-electron chi connectivity index (χ4n) is 0.983. The first-order valence-electron chi connectivity index (χ1n) is 5.36. The van der Waals surface area contributed by atoms with Gasteiger partial charge in [-0.05, 0) is 25.3 Å². The van der Waals surface area contributed by atoms with Crippen molar-refractivity contribution in [2.24, 2.45) is 11.1 Å². The summed E-state index contributed by atoms with van der Waals surface area (Å²) in [5.74, 6) is 0. The van der Waals surface area contributed by atoms with E-state index in [-0.39, 0.29) is 0 Å². The summed E-state index contributed by atoms with van der Waals surface area (Å²) in [7, 11) is 1.94. The normalized spacial score (nSPS) is 13.2. The van der Waals surface area contributed by atoms with Crippen LogP contribution in [0.3, 0.4) is 0 Å². The summed E-state index contributed by atoms with van der Waals surface area (Å²) in [6.45, 7) is 11.7. The molecule has 3 N–H and O–H groups in total.